The highest BCUT2D eigenvalue weighted by Gasteiger charge is 2.40. The molecule has 0 aromatic carbocycles. The lowest BCUT2D eigenvalue weighted by atomic mass is 9.74. The quantitative estimate of drug-likeness (QED) is 0.841. The van der Waals surface area contributed by atoms with E-state index in [1.165, 1.54) is 12.3 Å². The van der Waals surface area contributed by atoms with E-state index < -0.39 is 11.5 Å². The summed E-state index contributed by atoms with van der Waals surface area (Å²) >= 11 is 5.99. The first kappa shape index (κ1) is 15.6. The summed E-state index contributed by atoms with van der Waals surface area (Å²) in [5.41, 5.74) is -0.353. The lowest BCUT2D eigenvalue weighted by Gasteiger charge is -2.41. The van der Waals surface area contributed by atoms with Crippen LogP contribution in [0.25, 0.3) is 0 Å². The predicted molar refractivity (Wildman–Crippen MR) is 76.7 cm³/mol. The number of aromatic nitrogens is 1. The van der Waals surface area contributed by atoms with Gasteiger partial charge >= 0.3 is 5.97 Å². The number of hydrogen-bond donors (Lipinski definition) is 2. The molecule has 0 unspecified atom stereocenters. The molecule has 0 spiro atoms. The van der Waals surface area contributed by atoms with Crippen LogP contribution in [0.4, 0.5) is 0 Å². The molecule has 1 aliphatic rings. The second-order valence-electron chi connectivity index (χ2n) is 5.10. The summed E-state index contributed by atoms with van der Waals surface area (Å²) < 4.78 is 5.20. The second-order valence-corrected chi connectivity index (χ2v) is 5.51. The fourth-order valence-corrected chi connectivity index (χ4v) is 2.57. The monoisotopic (exact) mass is 312 g/mol. The third-order valence-electron chi connectivity index (χ3n) is 3.53. The molecular formula is C14H17ClN2O4. The number of nitrogens with one attached hydrogen (secondary N) is 1. The topological polar surface area (TPSA) is 88.5 Å². The van der Waals surface area contributed by atoms with E-state index in [4.69, 9.17) is 21.4 Å². The molecule has 0 atom stereocenters. The molecule has 114 valence electrons. The largest absolute Gasteiger partial charge is 0.481 e. The van der Waals surface area contributed by atoms with Crippen molar-refractivity contribution in [2.45, 2.75) is 38.1 Å². The van der Waals surface area contributed by atoms with Gasteiger partial charge in [0.2, 0.25) is 5.88 Å². The molecule has 1 aliphatic carbocycles. The van der Waals surface area contributed by atoms with E-state index in [-0.39, 0.29) is 23.2 Å². The standard InChI is InChI=1S/C14H17ClN2O4/c1-2-21-13-10(15)6-9(8-16-13)12(20)17-14(4-3-5-14)7-11(18)19/h6,8H,2-5,7H2,1H3,(H,17,20)(H,18,19). The van der Waals surface area contributed by atoms with Gasteiger partial charge in [0.15, 0.2) is 0 Å². The maximum atomic E-state index is 12.2. The smallest absolute Gasteiger partial charge is 0.305 e. The van der Waals surface area contributed by atoms with Gasteiger partial charge in [0, 0.05) is 6.20 Å². The maximum Gasteiger partial charge on any atom is 0.305 e. The number of carboxylic acids is 1. The zero-order chi connectivity index (χ0) is 15.5. The van der Waals surface area contributed by atoms with E-state index in [2.05, 4.69) is 10.3 Å². The first-order valence-corrected chi connectivity index (χ1v) is 7.16. The number of hydrogen-bond acceptors (Lipinski definition) is 4. The average molecular weight is 313 g/mol. The minimum atomic E-state index is -0.919. The first-order chi connectivity index (χ1) is 9.96. The molecule has 2 rings (SSSR count). The molecule has 1 fully saturated rings. The van der Waals surface area contributed by atoms with Crippen LogP contribution in [0.2, 0.25) is 5.02 Å². The second kappa shape index (κ2) is 6.30. The number of carboxylic acid groups (broad SMARTS) is 1. The van der Waals surface area contributed by atoms with Gasteiger partial charge in [-0.05, 0) is 32.3 Å². The van der Waals surface area contributed by atoms with Crippen LogP contribution in [0.1, 0.15) is 43.0 Å². The van der Waals surface area contributed by atoms with Gasteiger partial charge in [-0.15, -0.1) is 0 Å². The Labute approximate surface area is 127 Å². The van der Waals surface area contributed by atoms with E-state index in [9.17, 15) is 9.59 Å². The van der Waals surface area contributed by atoms with Crippen LogP contribution in [0.3, 0.4) is 0 Å². The Morgan fingerprint density at radius 3 is 2.71 bits per heavy atom. The summed E-state index contributed by atoms with van der Waals surface area (Å²) in [7, 11) is 0. The Morgan fingerprint density at radius 1 is 1.52 bits per heavy atom. The fourth-order valence-electron chi connectivity index (χ4n) is 2.34. The molecule has 7 heteroatoms. The van der Waals surface area contributed by atoms with Gasteiger partial charge in [-0.1, -0.05) is 11.6 Å². The Morgan fingerprint density at radius 2 is 2.24 bits per heavy atom. The zero-order valence-corrected chi connectivity index (χ0v) is 12.4. The van der Waals surface area contributed by atoms with E-state index in [0.717, 1.165) is 6.42 Å². The molecule has 1 saturated carbocycles. The van der Waals surface area contributed by atoms with E-state index in [1.807, 2.05) is 6.92 Å². The molecule has 0 radical (unpaired) electrons. The number of aliphatic carboxylic acids is 1. The van der Waals surface area contributed by atoms with Crippen molar-refractivity contribution in [3.8, 4) is 5.88 Å². The van der Waals surface area contributed by atoms with Gasteiger partial charge in [-0.2, -0.15) is 0 Å². The van der Waals surface area contributed by atoms with Gasteiger partial charge in [-0.25, -0.2) is 4.98 Å². The van der Waals surface area contributed by atoms with Gasteiger partial charge < -0.3 is 15.2 Å². The van der Waals surface area contributed by atoms with Crippen molar-refractivity contribution in [3.63, 3.8) is 0 Å². The molecule has 1 aromatic rings. The minimum Gasteiger partial charge on any atom is -0.481 e. The number of ether oxygens (including phenoxy) is 1. The van der Waals surface area contributed by atoms with Gasteiger partial charge in [0.25, 0.3) is 5.91 Å². The summed E-state index contributed by atoms with van der Waals surface area (Å²) in [5.74, 6) is -1.01. The Kier molecular flexibility index (Phi) is 4.67. The predicted octanol–water partition coefficient (Wildman–Crippen LogP) is 2.26. The van der Waals surface area contributed by atoms with Crippen LogP contribution in [0.15, 0.2) is 12.3 Å². The summed E-state index contributed by atoms with van der Waals surface area (Å²) in [5, 5.41) is 12.0. The number of rotatable bonds is 6. The summed E-state index contributed by atoms with van der Waals surface area (Å²) in [6, 6.07) is 1.47. The third-order valence-corrected chi connectivity index (χ3v) is 3.80. The van der Waals surface area contributed by atoms with Crippen molar-refractivity contribution in [1.82, 2.24) is 10.3 Å². The minimum absolute atomic E-state index is 0.0725. The number of carbonyl (C=O) groups is 2. The number of nitrogens with zero attached hydrogens (tertiary/aromatic N) is 1. The van der Waals surface area contributed by atoms with Gasteiger partial charge in [0.1, 0.15) is 5.02 Å². The Balaban J connectivity index is 2.09. The molecule has 6 nitrogen and oxygen atoms in total. The molecule has 0 aliphatic heterocycles. The molecule has 1 aromatic heterocycles. The Hall–Kier alpha value is -1.82. The van der Waals surface area contributed by atoms with Crippen molar-refractivity contribution in [2.75, 3.05) is 6.61 Å². The van der Waals surface area contributed by atoms with Crippen molar-refractivity contribution in [2.24, 2.45) is 0 Å². The average Bonchev–Trinajstić information content (AvgIpc) is 2.38. The fraction of sp³-hybridized carbons (Fsp3) is 0.500. The van der Waals surface area contributed by atoms with Crippen LogP contribution in [0.5, 0.6) is 5.88 Å². The molecule has 21 heavy (non-hydrogen) atoms. The van der Waals surface area contributed by atoms with Crippen LogP contribution < -0.4 is 10.1 Å². The van der Waals surface area contributed by atoms with Gasteiger partial charge in [0.05, 0.1) is 24.1 Å². The number of halogens is 1. The van der Waals surface area contributed by atoms with Crippen LogP contribution >= 0.6 is 11.6 Å². The normalized spacial score (nSPS) is 15.9. The summed E-state index contributed by atoms with van der Waals surface area (Å²) in [6.07, 6.45) is 3.55. The SMILES string of the molecule is CCOc1ncc(C(=O)NC2(CC(=O)O)CCC2)cc1Cl. The number of amides is 1. The lowest BCUT2D eigenvalue weighted by molar-refractivity contribution is -0.139. The third kappa shape index (κ3) is 3.64. The maximum absolute atomic E-state index is 12.2. The molecule has 0 bridgehead atoms. The lowest BCUT2D eigenvalue weighted by Crippen LogP contribution is -2.54. The highest BCUT2D eigenvalue weighted by Crippen LogP contribution is 2.35. The van der Waals surface area contributed by atoms with E-state index in [0.29, 0.717) is 25.0 Å². The van der Waals surface area contributed by atoms with Crippen molar-refractivity contribution in [1.29, 1.82) is 0 Å². The highest BCUT2D eigenvalue weighted by molar-refractivity contribution is 6.32. The van der Waals surface area contributed by atoms with Crippen LogP contribution in [0, 0.1) is 0 Å². The first-order valence-electron chi connectivity index (χ1n) is 6.78. The van der Waals surface area contributed by atoms with Crippen LogP contribution in [-0.2, 0) is 4.79 Å². The van der Waals surface area contributed by atoms with Crippen molar-refractivity contribution < 1.29 is 19.4 Å². The van der Waals surface area contributed by atoms with E-state index in [1.54, 1.807) is 0 Å². The number of pyridine rings is 1. The summed E-state index contributed by atoms with van der Waals surface area (Å²) in [4.78, 5) is 27.1. The van der Waals surface area contributed by atoms with Crippen molar-refractivity contribution >= 4 is 23.5 Å². The molecule has 1 heterocycles. The number of carbonyl (C=O) groups excluding carboxylic acids is 1. The highest BCUT2D eigenvalue weighted by atomic mass is 35.5. The molecule has 1 amide bonds. The summed E-state index contributed by atoms with van der Waals surface area (Å²) in [6.45, 7) is 2.24. The van der Waals surface area contributed by atoms with Crippen LogP contribution in [-0.4, -0.2) is 34.1 Å². The molecular weight excluding hydrogens is 296 g/mol. The zero-order valence-electron chi connectivity index (χ0n) is 11.7. The van der Waals surface area contributed by atoms with Gasteiger partial charge in [-0.3, -0.25) is 9.59 Å². The molecule has 2 N–H and O–H groups in total. The molecule has 0 saturated heterocycles. The van der Waals surface area contributed by atoms with Crippen molar-refractivity contribution in [3.05, 3.63) is 22.8 Å². The Bertz CT molecular complexity index is 558. The van der Waals surface area contributed by atoms with E-state index >= 15 is 0 Å².